The Morgan fingerprint density at radius 3 is 3.00 bits per heavy atom. The quantitative estimate of drug-likeness (QED) is 0.595. The second-order valence-electron chi connectivity index (χ2n) is 3.91. The van der Waals surface area contributed by atoms with Crippen LogP contribution < -0.4 is 11.1 Å². The molecule has 0 aromatic rings. The normalized spacial score (nSPS) is 25.5. The number of amides is 1. The first-order chi connectivity index (χ1) is 7.19. The summed E-state index contributed by atoms with van der Waals surface area (Å²) >= 11 is 0. The number of methoxy groups -OCH3 is 1. The highest BCUT2D eigenvalue weighted by Gasteiger charge is 2.37. The lowest BCUT2D eigenvalue weighted by Gasteiger charge is -2.20. The van der Waals surface area contributed by atoms with E-state index in [1.807, 2.05) is 0 Å². The summed E-state index contributed by atoms with van der Waals surface area (Å²) in [6, 6.07) is 0. The largest absolute Gasteiger partial charge is 0.385 e. The number of hydrogen-bond acceptors (Lipinski definition) is 4. The van der Waals surface area contributed by atoms with Gasteiger partial charge in [0.25, 0.3) is 0 Å². The second-order valence-corrected chi connectivity index (χ2v) is 3.91. The molecule has 5 nitrogen and oxygen atoms in total. The number of ether oxygens (including phenoxy) is 2. The van der Waals surface area contributed by atoms with Crippen LogP contribution in [0.3, 0.4) is 0 Å². The van der Waals surface area contributed by atoms with Crippen molar-refractivity contribution in [2.24, 2.45) is 5.73 Å². The van der Waals surface area contributed by atoms with Crippen LogP contribution in [0.2, 0.25) is 0 Å². The molecule has 0 bridgehead atoms. The first kappa shape index (κ1) is 12.4. The Morgan fingerprint density at radius 2 is 2.40 bits per heavy atom. The zero-order chi connectivity index (χ0) is 11.1. The van der Waals surface area contributed by atoms with E-state index in [2.05, 4.69) is 5.32 Å². The third-order valence-corrected chi connectivity index (χ3v) is 2.57. The molecule has 88 valence electrons. The summed E-state index contributed by atoms with van der Waals surface area (Å²) in [6.07, 6.45) is 2.47. The smallest absolute Gasteiger partial charge is 0.242 e. The topological polar surface area (TPSA) is 73.6 Å². The molecule has 0 spiro atoms. The zero-order valence-corrected chi connectivity index (χ0v) is 9.25. The van der Waals surface area contributed by atoms with E-state index in [9.17, 15) is 4.79 Å². The van der Waals surface area contributed by atoms with Crippen molar-refractivity contribution in [3.05, 3.63) is 0 Å². The molecule has 0 saturated carbocycles. The second kappa shape index (κ2) is 6.05. The van der Waals surface area contributed by atoms with Gasteiger partial charge in [0.05, 0.1) is 6.61 Å². The Bertz CT molecular complexity index is 203. The Kier molecular flexibility index (Phi) is 5.01. The van der Waals surface area contributed by atoms with Crippen LogP contribution in [0.1, 0.15) is 19.3 Å². The standard InChI is InChI=1S/C10H20N2O3/c1-14-6-3-2-5-12-9(13)10(11)4-7-15-8-10/h2-8,11H2,1H3,(H,12,13). The first-order valence-electron chi connectivity index (χ1n) is 5.33. The molecule has 1 saturated heterocycles. The minimum absolute atomic E-state index is 0.0996. The van der Waals surface area contributed by atoms with Gasteiger partial charge in [-0.1, -0.05) is 0 Å². The Labute approximate surface area is 90.3 Å². The van der Waals surface area contributed by atoms with Crippen molar-refractivity contribution < 1.29 is 14.3 Å². The van der Waals surface area contributed by atoms with Gasteiger partial charge in [0.2, 0.25) is 5.91 Å². The summed E-state index contributed by atoms with van der Waals surface area (Å²) in [5.74, 6) is -0.0996. The van der Waals surface area contributed by atoms with Crippen LogP contribution in [0.25, 0.3) is 0 Å². The lowest BCUT2D eigenvalue weighted by atomic mass is 9.99. The van der Waals surface area contributed by atoms with Crippen molar-refractivity contribution in [3.8, 4) is 0 Å². The minimum atomic E-state index is -0.804. The number of carbonyl (C=O) groups is 1. The molecular formula is C10H20N2O3. The fourth-order valence-corrected chi connectivity index (χ4v) is 1.51. The van der Waals surface area contributed by atoms with Gasteiger partial charge in [0, 0.05) is 26.9 Å². The number of rotatable bonds is 6. The summed E-state index contributed by atoms with van der Waals surface area (Å²) in [5, 5.41) is 2.82. The Morgan fingerprint density at radius 1 is 1.60 bits per heavy atom. The summed E-state index contributed by atoms with van der Waals surface area (Å²) in [5.41, 5.74) is 5.08. The monoisotopic (exact) mass is 216 g/mol. The molecule has 0 aliphatic carbocycles. The fraction of sp³-hybridized carbons (Fsp3) is 0.900. The zero-order valence-electron chi connectivity index (χ0n) is 9.25. The fourth-order valence-electron chi connectivity index (χ4n) is 1.51. The van der Waals surface area contributed by atoms with Gasteiger partial charge in [-0.2, -0.15) is 0 Å². The van der Waals surface area contributed by atoms with Crippen LogP contribution >= 0.6 is 0 Å². The molecule has 1 fully saturated rings. The van der Waals surface area contributed by atoms with Crippen molar-refractivity contribution in [1.29, 1.82) is 0 Å². The molecule has 1 unspecified atom stereocenters. The summed E-state index contributed by atoms with van der Waals surface area (Å²) < 4.78 is 10.0. The highest BCUT2D eigenvalue weighted by Crippen LogP contribution is 2.15. The molecule has 1 amide bonds. The summed E-state index contributed by atoms with van der Waals surface area (Å²) in [6.45, 7) is 2.29. The van der Waals surface area contributed by atoms with Gasteiger partial charge in [-0.25, -0.2) is 0 Å². The summed E-state index contributed by atoms with van der Waals surface area (Å²) in [7, 11) is 1.67. The van der Waals surface area contributed by atoms with Gasteiger partial charge in [-0.15, -0.1) is 0 Å². The van der Waals surface area contributed by atoms with Gasteiger partial charge in [-0.3, -0.25) is 4.79 Å². The average molecular weight is 216 g/mol. The van der Waals surface area contributed by atoms with E-state index in [0.717, 1.165) is 19.4 Å². The SMILES string of the molecule is COCCCCNC(=O)C1(N)CCOC1. The van der Waals surface area contributed by atoms with Gasteiger partial charge in [0.15, 0.2) is 0 Å². The molecule has 0 radical (unpaired) electrons. The maximum atomic E-state index is 11.7. The van der Waals surface area contributed by atoms with E-state index in [1.165, 1.54) is 0 Å². The van der Waals surface area contributed by atoms with E-state index in [-0.39, 0.29) is 5.91 Å². The van der Waals surface area contributed by atoms with Crippen LogP contribution in [0, 0.1) is 0 Å². The number of unbranched alkanes of at least 4 members (excludes halogenated alkanes) is 1. The molecule has 5 heteroatoms. The number of carbonyl (C=O) groups excluding carboxylic acids is 1. The Hall–Kier alpha value is -0.650. The maximum absolute atomic E-state index is 11.7. The van der Waals surface area contributed by atoms with E-state index >= 15 is 0 Å². The number of nitrogens with two attached hydrogens (primary N) is 1. The van der Waals surface area contributed by atoms with Crippen LogP contribution in [0.4, 0.5) is 0 Å². The summed E-state index contributed by atoms with van der Waals surface area (Å²) in [4.78, 5) is 11.7. The highest BCUT2D eigenvalue weighted by atomic mass is 16.5. The average Bonchev–Trinajstić information content (AvgIpc) is 2.66. The number of hydrogen-bond donors (Lipinski definition) is 2. The minimum Gasteiger partial charge on any atom is -0.385 e. The first-order valence-corrected chi connectivity index (χ1v) is 5.33. The van der Waals surface area contributed by atoms with Crippen molar-refractivity contribution in [1.82, 2.24) is 5.32 Å². The molecule has 15 heavy (non-hydrogen) atoms. The van der Waals surface area contributed by atoms with E-state index in [1.54, 1.807) is 7.11 Å². The molecule has 0 aromatic carbocycles. The predicted molar refractivity (Wildman–Crippen MR) is 56.5 cm³/mol. The van der Waals surface area contributed by atoms with Crippen LogP contribution in [0.5, 0.6) is 0 Å². The molecule has 1 heterocycles. The molecule has 1 atom stereocenters. The van der Waals surface area contributed by atoms with Crippen LogP contribution in [0.15, 0.2) is 0 Å². The predicted octanol–water partition coefficient (Wildman–Crippen LogP) is -0.353. The van der Waals surface area contributed by atoms with Crippen molar-refractivity contribution in [3.63, 3.8) is 0 Å². The van der Waals surface area contributed by atoms with Gasteiger partial charge in [0.1, 0.15) is 5.54 Å². The molecular weight excluding hydrogens is 196 g/mol. The molecule has 0 aromatic heterocycles. The lowest BCUT2D eigenvalue weighted by molar-refractivity contribution is -0.126. The van der Waals surface area contributed by atoms with Crippen molar-refractivity contribution in [2.75, 3.05) is 33.5 Å². The van der Waals surface area contributed by atoms with Gasteiger partial charge < -0.3 is 20.5 Å². The van der Waals surface area contributed by atoms with Gasteiger partial charge >= 0.3 is 0 Å². The Balaban J connectivity index is 2.12. The number of nitrogens with one attached hydrogen (secondary N) is 1. The van der Waals surface area contributed by atoms with E-state index < -0.39 is 5.54 Å². The molecule has 3 N–H and O–H groups in total. The lowest BCUT2D eigenvalue weighted by Crippen LogP contribution is -2.54. The highest BCUT2D eigenvalue weighted by molar-refractivity contribution is 5.86. The third kappa shape index (κ3) is 3.77. The van der Waals surface area contributed by atoms with Crippen molar-refractivity contribution in [2.45, 2.75) is 24.8 Å². The van der Waals surface area contributed by atoms with E-state index in [4.69, 9.17) is 15.2 Å². The molecule has 1 aliphatic rings. The third-order valence-electron chi connectivity index (χ3n) is 2.57. The van der Waals surface area contributed by atoms with Crippen LogP contribution in [-0.4, -0.2) is 44.9 Å². The molecule has 1 rings (SSSR count). The van der Waals surface area contributed by atoms with Crippen LogP contribution in [-0.2, 0) is 14.3 Å². The molecule has 1 aliphatic heterocycles. The van der Waals surface area contributed by atoms with Gasteiger partial charge in [-0.05, 0) is 19.3 Å². The van der Waals surface area contributed by atoms with E-state index in [0.29, 0.717) is 26.2 Å². The maximum Gasteiger partial charge on any atom is 0.242 e. The van der Waals surface area contributed by atoms with Crippen molar-refractivity contribution >= 4 is 5.91 Å².